The van der Waals surface area contributed by atoms with E-state index in [1.807, 2.05) is 6.92 Å². The van der Waals surface area contributed by atoms with Gasteiger partial charge in [-0.2, -0.15) is 0 Å². The lowest BCUT2D eigenvalue weighted by Gasteiger charge is -2.35. The minimum atomic E-state index is -0.0940. The average molecular weight is 375 g/mol. The first kappa shape index (κ1) is 21.2. The Labute approximate surface area is 163 Å². The van der Waals surface area contributed by atoms with Gasteiger partial charge in [-0.1, -0.05) is 29.8 Å². The SMILES string of the molecule is CCOC(=O)C1CCCN(C(=NC)NCC(c2ccc(C)cc2)N(C)C)C1. The Kier molecular flexibility index (Phi) is 8.10. The van der Waals surface area contributed by atoms with Crippen molar-refractivity contribution >= 4 is 11.9 Å². The fraction of sp³-hybridized carbons (Fsp3) is 0.619. The molecule has 0 aromatic heterocycles. The number of aryl methyl sites for hydroxylation is 1. The molecule has 0 bridgehead atoms. The maximum Gasteiger partial charge on any atom is 0.310 e. The van der Waals surface area contributed by atoms with Crippen molar-refractivity contribution in [1.82, 2.24) is 15.1 Å². The van der Waals surface area contributed by atoms with Gasteiger partial charge in [0.1, 0.15) is 0 Å². The van der Waals surface area contributed by atoms with E-state index in [-0.39, 0.29) is 17.9 Å². The van der Waals surface area contributed by atoms with Crippen molar-refractivity contribution in [3.63, 3.8) is 0 Å². The Morgan fingerprint density at radius 1 is 1.37 bits per heavy atom. The number of esters is 1. The first-order valence-corrected chi connectivity index (χ1v) is 9.81. The lowest BCUT2D eigenvalue weighted by Crippen LogP contribution is -2.49. The van der Waals surface area contributed by atoms with Crippen molar-refractivity contribution in [2.45, 2.75) is 32.7 Å². The van der Waals surface area contributed by atoms with Gasteiger partial charge < -0.3 is 19.9 Å². The molecular formula is C21H34N4O2. The second-order valence-electron chi connectivity index (χ2n) is 7.36. The number of aliphatic imine (C=N–C) groups is 1. The van der Waals surface area contributed by atoms with E-state index in [4.69, 9.17) is 4.74 Å². The second kappa shape index (κ2) is 10.3. The third kappa shape index (κ3) is 5.96. The van der Waals surface area contributed by atoms with E-state index in [0.717, 1.165) is 31.9 Å². The molecule has 2 rings (SSSR count). The maximum absolute atomic E-state index is 12.1. The summed E-state index contributed by atoms with van der Waals surface area (Å²) in [5, 5.41) is 3.51. The Balaban J connectivity index is 2.00. The van der Waals surface area contributed by atoms with Crippen LogP contribution in [0, 0.1) is 12.8 Å². The van der Waals surface area contributed by atoms with Crippen LogP contribution >= 0.6 is 0 Å². The van der Waals surface area contributed by atoms with E-state index in [2.05, 4.69) is 65.4 Å². The zero-order valence-corrected chi connectivity index (χ0v) is 17.4. The molecule has 0 aliphatic carbocycles. The number of carbonyl (C=O) groups is 1. The molecule has 150 valence electrons. The van der Waals surface area contributed by atoms with Gasteiger partial charge in [-0.25, -0.2) is 0 Å². The molecule has 2 atom stereocenters. The molecule has 1 fully saturated rings. The van der Waals surface area contributed by atoms with Crippen molar-refractivity contribution in [2.75, 3.05) is 47.4 Å². The highest BCUT2D eigenvalue weighted by molar-refractivity contribution is 5.81. The van der Waals surface area contributed by atoms with Gasteiger partial charge in [0.25, 0.3) is 0 Å². The summed E-state index contributed by atoms with van der Waals surface area (Å²) in [6.45, 7) is 6.71. The topological polar surface area (TPSA) is 57.2 Å². The number of nitrogens with one attached hydrogen (secondary N) is 1. The van der Waals surface area contributed by atoms with Gasteiger partial charge in [0.15, 0.2) is 5.96 Å². The van der Waals surface area contributed by atoms with E-state index in [1.165, 1.54) is 11.1 Å². The highest BCUT2D eigenvalue weighted by Crippen LogP contribution is 2.20. The smallest absolute Gasteiger partial charge is 0.310 e. The number of hydrogen-bond acceptors (Lipinski definition) is 4. The predicted octanol–water partition coefficient (Wildman–Crippen LogP) is 2.45. The number of hydrogen-bond donors (Lipinski definition) is 1. The number of nitrogens with zero attached hydrogens (tertiary/aromatic N) is 3. The van der Waals surface area contributed by atoms with E-state index < -0.39 is 0 Å². The maximum atomic E-state index is 12.1. The van der Waals surface area contributed by atoms with E-state index in [0.29, 0.717) is 13.2 Å². The third-order valence-corrected chi connectivity index (χ3v) is 5.09. The second-order valence-corrected chi connectivity index (χ2v) is 7.36. The lowest BCUT2D eigenvalue weighted by atomic mass is 9.98. The molecule has 0 saturated carbocycles. The Morgan fingerprint density at radius 3 is 2.67 bits per heavy atom. The molecule has 27 heavy (non-hydrogen) atoms. The summed E-state index contributed by atoms with van der Waals surface area (Å²) in [6, 6.07) is 8.90. The number of piperidine rings is 1. The molecule has 1 aliphatic heterocycles. The molecule has 1 aliphatic rings. The lowest BCUT2D eigenvalue weighted by molar-refractivity contribution is -0.149. The Hall–Kier alpha value is -2.08. The number of likely N-dealkylation sites (N-methyl/N-ethyl adjacent to an activating group) is 1. The quantitative estimate of drug-likeness (QED) is 0.471. The molecule has 1 aromatic carbocycles. The fourth-order valence-corrected chi connectivity index (χ4v) is 3.53. The molecule has 0 spiro atoms. The minimum absolute atomic E-state index is 0.0704. The summed E-state index contributed by atoms with van der Waals surface area (Å²) in [7, 11) is 5.98. The third-order valence-electron chi connectivity index (χ3n) is 5.09. The normalized spacial score (nSPS) is 19.1. The summed E-state index contributed by atoms with van der Waals surface area (Å²) in [6.07, 6.45) is 1.86. The summed E-state index contributed by atoms with van der Waals surface area (Å²) in [4.78, 5) is 20.9. The molecule has 0 radical (unpaired) electrons. The van der Waals surface area contributed by atoms with Crippen LogP contribution in [0.2, 0.25) is 0 Å². The summed E-state index contributed by atoms with van der Waals surface area (Å²) in [5.74, 6) is 0.686. The molecule has 1 N–H and O–H groups in total. The van der Waals surface area contributed by atoms with E-state index >= 15 is 0 Å². The van der Waals surface area contributed by atoms with Gasteiger partial charge >= 0.3 is 5.97 Å². The Morgan fingerprint density at radius 2 is 2.07 bits per heavy atom. The van der Waals surface area contributed by atoms with Crippen molar-refractivity contribution < 1.29 is 9.53 Å². The molecule has 1 saturated heterocycles. The van der Waals surface area contributed by atoms with Crippen molar-refractivity contribution in [3.05, 3.63) is 35.4 Å². The number of carbonyl (C=O) groups excluding carboxylic acids is 1. The highest BCUT2D eigenvalue weighted by Gasteiger charge is 2.28. The van der Waals surface area contributed by atoms with Crippen LogP contribution in [-0.2, 0) is 9.53 Å². The first-order valence-electron chi connectivity index (χ1n) is 9.81. The molecule has 2 unspecified atom stereocenters. The largest absolute Gasteiger partial charge is 0.466 e. The molecule has 6 nitrogen and oxygen atoms in total. The van der Waals surface area contributed by atoms with Crippen LogP contribution in [0.15, 0.2) is 29.3 Å². The molecule has 1 heterocycles. The van der Waals surface area contributed by atoms with Crippen LogP contribution in [0.25, 0.3) is 0 Å². The van der Waals surface area contributed by atoms with E-state index in [1.54, 1.807) is 7.05 Å². The van der Waals surface area contributed by atoms with Crippen LogP contribution in [0.4, 0.5) is 0 Å². The zero-order chi connectivity index (χ0) is 19.8. The summed E-state index contributed by atoms with van der Waals surface area (Å²) >= 11 is 0. The average Bonchev–Trinajstić information content (AvgIpc) is 2.66. The Bertz CT molecular complexity index is 628. The monoisotopic (exact) mass is 374 g/mol. The number of likely N-dealkylation sites (tertiary alicyclic amines) is 1. The number of guanidine groups is 1. The van der Waals surface area contributed by atoms with Crippen molar-refractivity contribution in [3.8, 4) is 0 Å². The van der Waals surface area contributed by atoms with Gasteiger partial charge in [-0.15, -0.1) is 0 Å². The van der Waals surface area contributed by atoms with Gasteiger partial charge in [-0.3, -0.25) is 9.79 Å². The van der Waals surface area contributed by atoms with Crippen molar-refractivity contribution in [1.29, 1.82) is 0 Å². The van der Waals surface area contributed by atoms with Crippen LogP contribution < -0.4 is 5.32 Å². The number of ether oxygens (including phenoxy) is 1. The number of rotatable bonds is 6. The molecular weight excluding hydrogens is 340 g/mol. The van der Waals surface area contributed by atoms with Gasteiger partial charge in [0, 0.05) is 26.7 Å². The van der Waals surface area contributed by atoms with Crippen LogP contribution in [0.3, 0.4) is 0 Å². The highest BCUT2D eigenvalue weighted by atomic mass is 16.5. The first-order chi connectivity index (χ1) is 13.0. The molecule has 0 amide bonds. The van der Waals surface area contributed by atoms with Crippen molar-refractivity contribution in [2.24, 2.45) is 10.9 Å². The molecule has 6 heteroatoms. The van der Waals surface area contributed by atoms with Crippen LogP contribution in [-0.4, -0.2) is 69.1 Å². The number of benzene rings is 1. The van der Waals surface area contributed by atoms with Gasteiger partial charge in [-0.05, 0) is 46.3 Å². The summed E-state index contributed by atoms with van der Waals surface area (Å²) < 4.78 is 5.21. The standard InChI is InChI=1S/C21H34N4O2/c1-6-27-20(26)18-8-7-13-25(15-18)21(22-3)23-14-19(24(4)5)17-11-9-16(2)10-12-17/h9-12,18-19H,6-8,13-15H2,1-5H3,(H,22,23). The van der Waals surface area contributed by atoms with Gasteiger partial charge in [0.05, 0.1) is 18.6 Å². The predicted molar refractivity (Wildman–Crippen MR) is 110 cm³/mol. The fourth-order valence-electron chi connectivity index (χ4n) is 3.53. The van der Waals surface area contributed by atoms with Crippen LogP contribution in [0.1, 0.15) is 36.9 Å². The minimum Gasteiger partial charge on any atom is -0.466 e. The van der Waals surface area contributed by atoms with Crippen LogP contribution in [0.5, 0.6) is 0 Å². The van der Waals surface area contributed by atoms with E-state index in [9.17, 15) is 4.79 Å². The van der Waals surface area contributed by atoms with Gasteiger partial charge in [0.2, 0.25) is 0 Å². The zero-order valence-electron chi connectivity index (χ0n) is 17.4. The molecule has 1 aromatic rings. The summed E-state index contributed by atoms with van der Waals surface area (Å²) in [5.41, 5.74) is 2.54.